The monoisotopic (exact) mass is 422 g/mol. The fourth-order valence-corrected chi connectivity index (χ4v) is 5.25. The zero-order valence-electron chi connectivity index (χ0n) is 17.9. The summed E-state index contributed by atoms with van der Waals surface area (Å²) < 4.78 is 33.1. The average Bonchev–Trinajstić information content (AvgIpc) is 2.75. The van der Waals surface area contributed by atoms with E-state index in [1.807, 2.05) is 12.1 Å². The zero-order valence-corrected chi connectivity index (χ0v) is 18.7. The largest absolute Gasteiger partial charge is 0.378 e. The van der Waals surface area contributed by atoms with Gasteiger partial charge in [0.1, 0.15) is 0 Å². The van der Waals surface area contributed by atoms with Crippen LogP contribution in [0.3, 0.4) is 0 Å². The Labute approximate surface area is 177 Å². The number of hydrogen-bond acceptors (Lipinski definition) is 4. The molecule has 1 aromatic carbocycles. The number of nitrogens with zero attached hydrogens (tertiary/aromatic N) is 1. The molecule has 0 aliphatic heterocycles. The molecule has 0 unspecified atom stereocenters. The maximum absolute atomic E-state index is 12.8. The van der Waals surface area contributed by atoms with Crippen molar-refractivity contribution in [2.45, 2.75) is 74.8 Å². The van der Waals surface area contributed by atoms with Crippen LogP contribution in [0.5, 0.6) is 0 Å². The summed E-state index contributed by atoms with van der Waals surface area (Å²) >= 11 is 0. The fraction of sp³-hybridized carbons (Fsp3) is 0.652. The van der Waals surface area contributed by atoms with Crippen LogP contribution in [0, 0.1) is 0 Å². The van der Waals surface area contributed by atoms with Gasteiger partial charge in [-0.25, -0.2) is 8.42 Å². The van der Waals surface area contributed by atoms with Gasteiger partial charge in [0, 0.05) is 19.7 Å². The lowest BCUT2D eigenvalue weighted by Crippen LogP contribution is -2.40. The molecule has 5 nitrogen and oxygen atoms in total. The first-order valence-corrected chi connectivity index (χ1v) is 12.5. The molecule has 0 saturated heterocycles. The summed E-state index contributed by atoms with van der Waals surface area (Å²) in [6.07, 6.45) is 11.6. The highest BCUT2D eigenvalue weighted by atomic mass is 32.2. The van der Waals surface area contributed by atoms with E-state index in [-0.39, 0.29) is 12.1 Å². The smallest absolute Gasteiger partial charge is 0.243 e. The zero-order chi connectivity index (χ0) is 21.0. The molecule has 1 aromatic rings. The van der Waals surface area contributed by atoms with Crippen molar-refractivity contribution in [1.82, 2.24) is 9.62 Å². The van der Waals surface area contributed by atoms with E-state index in [0.29, 0.717) is 4.90 Å². The summed E-state index contributed by atoms with van der Waals surface area (Å²) in [5, 5.41) is 3.41. The first-order chi connectivity index (χ1) is 14.1. The molecule has 2 rings (SSSR count). The number of ether oxygens (including phenoxy) is 1. The van der Waals surface area contributed by atoms with E-state index in [1.54, 1.807) is 35.6 Å². The van der Waals surface area contributed by atoms with Crippen molar-refractivity contribution in [3.63, 3.8) is 0 Å². The summed E-state index contributed by atoms with van der Waals surface area (Å²) in [7, 11) is -1.70. The molecule has 29 heavy (non-hydrogen) atoms. The maximum atomic E-state index is 12.8. The van der Waals surface area contributed by atoms with Gasteiger partial charge >= 0.3 is 0 Å². The Balaban J connectivity index is 1.58. The van der Waals surface area contributed by atoms with Gasteiger partial charge in [0.15, 0.2) is 0 Å². The van der Waals surface area contributed by atoms with E-state index in [4.69, 9.17) is 4.74 Å². The Morgan fingerprint density at radius 1 is 1.07 bits per heavy atom. The Hall–Kier alpha value is -1.21. The van der Waals surface area contributed by atoms with Crippen molar-refractivity contribution in [3.05, 3.63) is 43.0 Å². The molecule has 164 valence electrons. The molecular formula is C23H38N2O3S. The normalized spacial score (nSPS) is 20.1. The molecule has 0 aromatic heterocycles. The minimum atomic E-state index is -3.41. The van der Waals surface area contributed by atoms with Crippen LogP contribution in [0.15, 0.2) is 47.9 Å². The van der Waals surface area contributed by atoms with Crippen molar-refractivity contribution < 1.29 is 13.2 Å². The summed E-state index contributed by atoms with van der Waals surface area (Å²) in [6.45, 7) is 6.64. The highest BCUT2D eigenvalue weighted by molar-refractivity contribution is 7.89. The van der Waals surface area contributed by atoms with Gasteiger partial charge in [0.25, 0.3) is 0 Å². The molecule has 1 saturated carbocycles. The van der Waals surface area contributed by atoms with E-state index in [0.717, 1.165) is 58.2 Å². The summed E-state index contributed by atoms with van der Waals surface area (Å²) in [5.74, 6) is 0. The summed E-state index contributed by atoms with van der Waals surface area (Å²) in [6, 6.07) is 8.77. The summed E-state index contributed by atoms with van der Waals surface area (Å²) in [5.41, 5.74) is 0. The number of nitrogens with one attached hydrogen (secondary N) is 1. The van der Waals surface area contributed by atoms with Crippen LogP contribution in [0.25, 0.3) is 0 Å². The Morgan fingerprint density at radius 3 is 2.45 bits per heavy atom. The Bertz CT molecular complexity index is 671. The quantitative estimate of drug-likeness (QED) is 0.357. The van der Waals surface area contributed by atoms with Crippen molar-refractivity contribution >= 4 is 10.0 Å². The van der Waals surface area contributed by atoms with Crippen LogP contribution in [-0.4, -0.2) is 51.6 Å². The molecule has 6 heteroatoms. The first-order valence-electron chi connectivity index (χ1n) is 11.0. The minimum Gasteiger partial charge on any atom is -0.378 e. The van der Waals surface area contributed by atoms with E-state index >= 15 is 0 Å². The average molecular weight is 423 g/mol. The van der Waals surface area contributed by atoms with E-state index in [1.165, 1.54) is 19.3 Å². The van der Waals surface area contributed by atoms with Crippen molar-refractivity contribution in [2.75, 3.05) is 26.7 Å². The predicted octanol–water partition coefficient (Wildman–Crippen LogP) is 4.36. The van der Waals surface area contributed by atoms with Gasteiger partial charge < -0.3 is 10.1 Å². The number of hydrogen-bond donors (Lipinski definition) is 1. The van der Waals surface area contributed by atoms with Gasteiger partial charge in [0.05, 0.1) is 11.0 Å². The Morgan fingerprint density at radius 2 is 1.76 bits per heavy atom. The molecule has 1 aliphatic carbocycles. The molecule has 0 bridgehead atoms. The van der Waals surface area contributed by atoms with Crippen molar-refractivity contribution in [1.29, 1.82) is 0 Å². The lowest BCUT2D eigenvalue weighted by Gasteiger charge is -2.34. The second-order valence-corrected chi connectivity index (χ2v) is 9.87. The topological polar surface area (TPSA) is 58.6 Å². The second kappa shape index (κ2) is 13.2. The fourth-order valence-electron chi connectivity index (χ4n) is 3.82. The van der Waals surface area contributed by atoms with Gasteiger partial charge in [-0.05, 0) is 70.2 Å². The molecular weight excluding hydrogens is 384 g/mol. The third kappa shape index (κ3) is 8.21. The standard InChI is InChI=1S/C23H38N2O3S/c1-3-4-18-24-19-10-5-6-11-20-28-22-16-14-21(15-17-22)25(2)29(26,27)23-12-8-7-9-13-23/h3,7-9,12-13,21-22,24H,1,4-6,10-11,14-20H2,2H3. The molecule has 0 atom stereocenters. The molecule has 1 fully saturated rings. The number of sulfonamides is 1. The van der Waals surface area contributed by atoms with Crippen LogP contribution in [0.4, 0.5) is 0 Å². The third-order valence-electron chi connectivity index (χ3n) is 5.70. The van der Waals surface area contributed by atoms with Gasteiger partial charge in [-0.2, -0.15) is 4.31 Å². The lowest BCUT2D eigenvalue weighted by molar-refractivity contribution is 0.0157. The number of unbranched alkanes of at least 4 members (excludes halogenated alkanes) is 3. The molecule has 0 amide bonds. The number of benzene rings is 1. The Kier molecular flexibility index (Phi) is 10.9. The van der Waals surface area contributed by atoms with E-state index in [2.05, 4.69) is 11.9 Å². The predicted molar refractivity (Wildman–Crippen MR) is 120 cm³/mol. The van der Waals surface area contributed by atoms with Crippen LogP contribution >= 0.6 is 0 Å². The number of rotatable bonds is 14. The van der Waals surface area contributed by atoms with Crippen LogP contribution < -0.4 is 5.32 Å². The minimum absolute atomic E-state index is 0.0636. The van der Waals surface area contributed by atoms with Gasteiger partial charge in [-0.15, -0.1) is 6.58 Å². The van der Waals surface area contributed by atoms with Gasteiger partial charge in [0.2, 0.25) is 10.0 Å². The highest BCUT2D eigenvalue weighted by Crippen LogP contribution is 2.28. The second-order valence-electron chi connectivity index (χ2n) is 7.88. The van der Waals surface area contributed by atoms with E-state index in [9.17, 15) is 8.42 Å². The first kappa shape index (κ1) is 24.1. The maximum Gasteiger partial charge on any atom is 0.243 e. The van der Waals surface area contributed by atoms with Crippen LogP contribution in [0.1, 0.15) is 57.8 Å². The van der Waals surface area contributed by atoms with Crippen molar-refractivity contribution in [3.8, 4) is 0 Å². The molecule has 0 radical (unpaired) electrons. The molecule has 0 heterocycles. The van der Waals surface area contributed by atoms with E-state index < -0.39 is 10.0 Å². The molecule has 0 spiro atoms. The van der Waals surface area contributed by atoms with Gasteiger partial charge in [-0.1, -0.05) is 37.1 Å². The highest BCUT2D eigenvalue weighted by Gasteiger charge is 2.31. The third-order valence-corrected chi connectivity index (χ3v) is 7.63. The molecule has 1 aliphatic rings. The molecule has 1 N–H and O–H groups in total. The SMILES string of the molecule is C=CCCNCCCCCCOC1CCC(N(C)S(=O)(=O)c2ccccc2)CC1. The summed E-state index contributed by atoms with van der Waals surface area (Å²) in [4.78, 5) is 0.372. The van der Waals surface area contributed by atoms with Gasteiger partial charge in [-0.3, -0.25) is 0 Å². The van der Waals surface area contributed by atoms with Crippen LogP contribution in [-0.2, 0) is 14.8 Å². The lowest BCUT2D eigenvalue weighted by atomic mass is 9.93. The van der Waals surface area contributed by atoms with Crippen LogP contribution in [0.2, 0.25) is 0 Å². The van der Waals surface area contributed by atoms with Crippen molar-refractivity contribution in [2.24, 2.45) is 0 Å².